The summed E-state index contributed by atoms with van der Waals surface area (Å²) in [5, 5.41) is 3.06. The topological polar surface area (TPSA) is 83.1 Å². The molecule has 7 nitrogen and oxygen atoms in total. The van der Waals surface area contributed by atoms with Crippen LogP contribution in [-0.4, -0.2) is 39.3 Å². The van der Waals surface area contributed by atoms with Crippen LogP contribution in [0.3, 0.4) is 0 Å². The molecule has 2 aromatic carbocycles. The predicted octanol–water partition coefficient (Wildman–Crippen LogP) is 3.55. The SMILES string of the molecule is COc1ccc(Cl)cc1NC(=O)[C@@H](C)OC(=O)c1cccc(OC)c1OC. The van der Waals surface area contributed by atoms with E-state index in [9.17, 15) is 9.59 Å². The number of methoxy groups -OCH3 is 3. The molecule has 0 aliphatic rings. The van der Waals surface area contributed by atoms with Crippen LogP contribution in [-0.2, 0) is 9.53 Å². The fourth-order valence-electron chi connectivity index (χ4n) is 2.34. The number of esters is 1. The first-order valence-corrected chi connectivity index (χ1v) is 8.35. The van der Waals surface area contributed by atoms with Crippen LogP contribution in [0, 0.1) is 0 Å². The Kier molecular flexibility index (Phi) is 6.90. The number of carbonyl (C=O) groups excluding carboxylic acids is 2. The van der Waals surface area contributed by atoms with Crippen LogP contribution in [0.25, 0.3) is 0 Å². The Morgan fingerprint density at radius 1 is 1.00 bits per heavy atom. The summed E-state index contributed by atoms with van der Waals surface area (Å²) in [5.41, 5.74) is 0.522. The van der Waals surface area contributed by atoms with Gasteiger partial charge in [-0.25, -0.2) is 4.79 Å². The van der Waals surface area contributed by atoms with Gasteiger partial charge < -0.3 is 24.3 Å². The zero-order valence-electron chi connectivity index (χ0n) is 15.4. The highest BCUT2D eigenvalue weighted by molar-refractivity contribution is 6.31. The molecule has 2 aromatic rings. The molecule has 0 saturated carbocycles. The molecule has 0 aromatic heterocycles. The summed E-state index contributed by atoms with van der Waals surface area (Å²) in [6.07, 6.45) is -1.07. The van der Waals surface area contributed by atoms with Crippen molar-refractivity contribution >= 4 is 29.2 Å². The van der Waals surface area contributed by atoms with Crippen LogP contribution >= 0.6 is 11.6 Å². The highest BCUT2D eigenvalue weighted by Crippen LogP contribution is 2.31. The number of rotatable bonds is 7. The molecule has 1 amide bonds. The third-order valence-corrected chi connectivity index (χ3v) is 3.93. The van der Waals surface area contributed by atoms with E-state index in [2.05, 4.69) is 5.32 Å². The minimum Gasteiger partial charge on any atom is -0.495 e. The number of amides is 1. The summed E-state index contributed by atoms with van der Waals surface area (Å²) < 4.78 is 20.8. The second-order valence-corrected chi connectivity index (χ2v) is 5.86. The third-order valence-electron chi connectivity index (χ3n) is 3.70. The van der Waals surface area contributed by atoms with Crippen molar-refractivity contribution < 1.29 is 28.5 Å². The fourth-order valence-corrected chi connectivity index (χ4v) is 2.51. The molecule has 0 unspecified atom stereocenters. The molecule has 27 heavy (non-hydrogen) atoms. The number of para-hydroxylation sites is 1. The molecule has 0 heterocycles. The van der Waals surface area contributed by atoms with Crippen molar-refractivity contribution in [2.45, 2.75) is 13.0 Å². The molecule has 0 aliphatic heterocycles. The van der Waals surface area contributed by atoms with Gasteiger partial charge in [0.05, 0.1) is 27.0 Å². The molecule has 2 rings (SSSR count). The second kappa shape index (κ2) is 9.14. The Balaban J connectivity index is 2.13. The number of halogens is 1. The van der Waals surface area contributed by atoms with Crippen molar-refractivity contribution in [3.05, 3.63) is 47.0 Å². The summed E-state index contributed by atoms with van der Waals surface area (Å²) in [4.78, 5) is 24.8. The van der Waals surface area contributed by atoms with Crippen LogP contribution in [0.4, 0.5) is 5.69 Å². The number of nitrogens with one attached hydrogen (secondary N) is 1. The van der Waals surface area contributed by atoms with Gasteiger partial charge in [0.2, 0.25) is 0 Å². The van der Waals surface area contributed by atoms with Gasteiger partial charge in [0.1, 0.15) is 11.3 Å². The molecule has 0 aliphatic carbocycles. The van der Waals surface area contributed by atoms with Crippen molar-refractivity contribution in [1.82, 2.24) is 0 Å². The number of hydrogen-bond acceptors (Lipinski definition) is 6. The van der Waals surface area contributed by atoms with E-state index in [0.717, 1.165) is 0 Å². The first kappa shape index (κ1) is 20.4. The van der Waals surface area contributed by atoms with Crippen LogP contribution in [0.15, 0.2) is 36.4 Å². The maximum absolute atomic E-state index is 12.5. The Labute approximate surface area is 162 Å². The van der Waals surface area contributed by atoms with Gasteiger partial charge >= 0.3 is 5.97 Å². The monoisotopic (exact) mass is 393 g/mol. The molecule has 0 radical (unpaired) electrons. The number of anilines is 1. The van der Waals surface area contributed by atoms with Crippen molar-refractivity contribution in [3.63, 3.8) is 0 Å². The average molecular weight is 394 g/mol. The van der Waals surface area contributed by atoms with Gasteiger partial charge in [0.15, 0.2) is 17.6 Å². The summed E-state index contributed by atoms with van der Waals surface area (Å²) in [7, 11) is 4.34. The largest absolute Gasteiger partial charge is 0.495 e. The van der Waals surface area contributed by atoms with Gasteiger partial charge in [-0.3, -0.25) is 4.79 Å². The van der Waals surface area contributed by atoms with Crippen molar-refractivity contribution in [3.8, 4) is 17.2 Å². The summed E-state index contributed by atoms with van der Waals surface area (Å²) >= 11 is 5.95. The lowest BCUT2D eigenvalue weighted by Gasteiger charge is -2.17. The lowest BCUT2D eigenvalue weighted by Crippen LogP contribution is -2.30. The number of ether oxygens (including phenoxy) is 4. The first-order valence-electron chi connectivity index (χ1n) is 7.97. The van der Waals surface area contributed by atoms with E-state index in [1.165, 1.54) is 40.4 Å². The molecule has 8 heteroatoms. The van der Waals surface area contributed by atoms with Crippen LogP contribution < -0.4 is 19.5 Å². The summed E-state index contributed by atoms with van der Waals surface area (Å²) in [6.45, 7) is 1.46. The minimum absolute atomic E-state index is 0.150. The average Bonchev–Trinajstić information content (AvgIpc) is 2.67. The van der Waals surface area contributed by atoms with Gasteiger partial charge in [-0.15, -0.1) is 0 Å². The van der Waals surface area contributed by atoms with Crippen LogP contribution in [0.5, 0.6) is 17.2 Å². The van der Waals surface area contributed by atoms with E-state index < -0.39 is 18.0 Å². The summed E-state index contributed by atoms with van der Waals surface area (Å²) in [5.74, 6) is -0.209. The molecule has 1 atom stereocenters. The second-order valence-electron chi connectivity index (χ2n) is 5.42. The highest BCUT2D eigenvalue weighted by Gasteiger charge is 2.23. The van der Waals surface area contributed by atoms with Crippen LogP contribution in [0.2, 0.25) is 5.02 Å². The van der Waals surface area contributed by atoms with E-state index >= 15 is 0 Å². The van der Waals surface area contributed by atoms with Gasteiger partial charge in [-0.05, 0) is 37.3 Å². The normalized spacial score (nSPS) is 11.3. The highest BCUT2D eigenvalue weighted by atomic mass is 35.5. The van der Waals surface area contributed by atoms with Gasteiger partial charge in [-0.2, -0.15) is 0 Å². The zero-order chi connectivity index (χ0) is 20.0. The van der Waals surface area contributed by atoms with Gasteiger partial charge in [0.25, 0.3) is 5.91 Å². The van der Waals surface area contributed by atoms with Crippen molar-refractivity contribution in [1.29, 1.82) is 0 Å². The van der Waals surface area contributed by atoms with E-state index in [4.69, 9.17) is 30.5 Å². The third kappa shape index (κ3) is 4.83. The molecule has 0 saturated heterocycles. The quantitative estimate of drug-likeness (QED) is 0.724. The molecule has 0 spiro atoms. The molecular formula is C19H20ClNO6. The molecular weight excluding hydrogens is 374 g/mol. The molecule has 0 bridgehead atoms. The van der Waals surface area contributed by atoms with E-state index in [0.29, 0.717) is 22.2 Å². The first-order chi connectivity index (χ1) is 12.9. The van der Waals surface area contributed by atoms with E-state index in [-0.39, 0.29) is 11.3 Å². The summed E-state index contributed by atoms with van der Waals surface area (Å²) in [6, 6.07) is 9.59. The standard InChI is InChI=1S/C19H20ClNO6/c1-11(18(22)21-14-10-12(20)8-9-15(14)24-2)27-19(23)13-6-5-7-16(25-3)17(13)26-4/h5-11H,1-4H3,(H,21,22)/t11-/m1/s1. The maximum Gasteiger partial charge on any atom is 0.342 e. The number of carbonyl (C=O) groups is 2. The van der Waals surface area contributed by atoms with E-state index in [1.807, 2.05) is 0 Å². The Bertz CT molecular complexity index is 839. The predicted molar refractivity (Wildman–Crippen MR) is 101 cm³/mol. The fraction of sp³-hybridized carbons (Fsp3) is 0.263. The van der Waals surface area contributed by atoms with E-state index in [1.54, 1.807) is 24.3 Å². The lowest BCUT2D eigenvalue weighted by atomic mass is 10.2. The van der Waals surface area contributed by atoms with Crippen LogP contribution in [0.1, 0.15) is 17.3 Å². The molecule has 1 N–H and O–H groups in total. The van der Waals surface area contributed by atoms with Crippen molar-refractivity contribution in [2.75, 3.05) is 26.6 Å². The number of benzene rings is 2. The van der Waals surface area contributed by atoms with Gasteiger partial charge in [0, 0.05) is 5.02 Å². The molecule has 0 fully saturated rings. The Morgan fingerprint density at radius 2 is 1.70 bits per heavy atom. The minimum atomic E-state index is -1.07. The Hall–Kier alpha value is -2.93. The smallest absolute Gasteiger partial charge is 0.342 e. The molecule has 144 valence electrons. The zero-order valence-corrected chi connectivity index (χ0v) is 16.1. The maximum atomic E-state index is 12.5. The van der Waals surface area contributed by atoms with Crippen molar-refractivity contribution in [2.24, 2.45) is 0 Å². The lowest BCUT2D eigenvalue weighted by molar-refractivity contribution is -0.123. The number of hydrogen-bond donors (Lipinski definition) is 1. The van der Waals surface area contributed by atoms with Gasteiger partial charge in [-0.1, -0.05) is 17.7 Å². The Morgan fingerprint density at radius 3 is 2.33 bits per heavy atom.